The van der Waals surface area contributed by atoms with E-state index in [4.69, 9.17) is 23.2 Å². The van der Waals surface area contributed by atoms with Gasteiger partial charge in [0.1, 0.15) is 10.4 Å². The fraction of sp³-hybridized carbons (Fsp3) is 0.562. The van der Waals surface area contributed by atoms with Crippen molar-refractivity contribution in [3.8, 4) is 0 Å². The summed E-state index contributed by atoms with van der Waals surface area (Å²) in [6.45, 7) is 2.68. The summed E-state index contributed by atoms with van der Waals surface area (Å²) in [5.74, 6) is -0.114. The molecule has 2 saturated heterocycles. The van der Waals surface area contributed by atoms with E-state index in [1.165, 1.54) is 16.4 Å². The lowest BCUT2D eigenvalue weighted by Gasteiger charge is -2.42. The van der Waals surface area contributed by atoms with Gasteiger partial charge in [-0.3, -0.25) is 4.79 Å². The first kappa shape index (κ1) is 18.0. The Morgan fingerprint density at radius 3 is 2.42 bits per heavy atom. The van der Waals surface area contributed by atoms with Crippen molar-refractivity contribution in [3.05, 3.63) is 27.7 Å². The van der Waals surface area contributed by atoms with E-state index in [1.54, 1.807) is 18.9 Å². The highest BCUT2D eigenvalue weighted by Crippen LogP contribution is 2.43. The molecule has 8 heteroatoms. The molecule has 2 aliphatic rings. The zero-order chi connectivity index (χ0) is 17.7. The summed E-state index contributed by atoms with van der Waals surface area (Å²) in [5, 5.41) is 0.546. The minimum Gasteiger partial charge on any atom is -0.344 e. The quantitative estimate of drug-likeness (QED) is 0.779. The van der Waals surface area contributed by atoms with Crippen LogP contribution >= 0.6 is 23.2 Å². The molecule has 2 heterocycles. The minimum absolute atomic E-state index is 0.0216. The SMILES string of the molecule is Cc1c(Cl)ccc(S(=O)(=O)N2CCCC23CCCN(C)C3=O)c1Cl. The number of amides is 1. The Morgan fingerprint density at radius 1 is 1.12 bits per heavy atom. The summed E-state index contributed by atoms with van der Waals surface area (Å²) < 4.78 is 27.9. The van der Waals surface area contributed by atoms with Crippen LogP contribution in [0.3, 0.4) is 0 Å². The molecule has 1 aromatic carbocycles. The molecule has 0 radical (unpaired) electrons. The van der Waals surface area contributed by atoms with Crippen LogP contribution in [0.5, 0.6) is 0 Å². The van der Waals surface area contributed by atoms with E-state index >= 15 is 0 Å². The number of carbonyl (C=O) groups is 1. The predicted octanol–water partition coefficient (Wildman–Crippen LogP) is 3.08. The van der Waals surface area contributed by atoms with Crippen molar-refractivity contribution in [3.63, 3.8) is 0 Å². The smallest absolute Gasteiger partial charge is 0.245 e. The molecular formula is C16H20Cl2N2O3S. The Hall–Kier alpha value is -0.820. The van der Waals surface area contributed by atoms with Gasteiger partial charge in [0.2, 0.25) is 15.9 Å². The molecule has 1 unspecified atom stereocenters. The number of halogens is 2. The maximum absolute atomic E-state index is 13.3. The first-order chi connectivity index (χ1) is 11.2. The molecule has 0 bridgehead atoms. The largest absolute Gasteiger partial charge is 0.344 e. The van der Waals surface area contributed by atoms with Gasteiger partial charge in [-0.1, -0.05) is 23.2 Å². The van der Waals surface area contributed by atoms with E-state index < -0.39 is 15.6 Å². The molecule has 2 aliphatic heterocycles. The maximum Gasteiger partial charge on any atom is 0.245 e. The van der Waals surface area contributed by atoms with Gasteiger partial charge in [0.05, 0.1) is 5.02 Å². The number of likely N-dealkylation sites (N-methyl/N-ethyl adjacent to an activating group) is 1. The molecule has 5 nitrogen and oxygen atoms in total. The molecule has 0 saturated carbocycles. The third kappa shape index (κ3) is 2.55. The molecule has 1 amide bonds. The lowest BCUT2D eigenvalue weighted by molar-refractivity contribution is -0.142. The molecule has 24 heavy (non-hydrogen) atoms. The Bertz CT molecular complexity index is 797. The fourth-order valence-corrected chi connectivity index (χ4v) is 6.40. The van der Waals surface area contributed by atoms with E-state index in [9.17, 15) is 13.2 Å². The second-order valence-corrected chi connectivity index (χ2v) is 9.14. The van der Waals surface area contributed by atoms with Gasteiger partial charge in [0.25, 0.3) is 0 Å². The summed E-state index contributed by atoms with van der Waals surface area (Å²) in [6.07, 6.45) is 2.57. The lowest BCUT2D eigenvalue weighted by atomic mass is 9.87. The molecule has 1 aromatic rings. The first-order valence-corrected chi connectivity index (χ1v) is 10.1. The third-order valence-electron chi connectivity index (χ3n) is 5.11. The van der Waals surface area contributed by atoms with Crippen LogP contribution < -0.4 is 0 Å². The van der Waals surface area contributed by atoms with E-state index in [2.05, 4.69) is 0 Å². The second kappa shape index (κ2) is 6.16. The van der Waals surface area contributed by atoms with Crippen LogP contribution in [-0.2, 0) is 14.8 Å². The maximum atomic E-state index is 13.3. The predicted molar refractivity (Wildman–Crippen MR) is 93.9 cm³/mol. The topological polar surface area (TPSA) is 57.7 Å². The van der Waals surface area contributed by atoms with Crippen LogP contribution in [0, 0.1) is 6.92 Å². The number of rotatable bonds is 2. The lowest BCUT2D eigenvalue weighted by Crippen LogP contribution is -2.60. The van der Waals surface area contributed by atoms with Crippen molar-refractivity contribution in [2.45, 2.75) is 43.0 Å². The second-order valence-electron chi connectivity index (χ2n) is 6.53. The minimum atomic E-state index is -3.88. The summed E-state index contributed by atoms with van der Waals surface area (Å²) in [5.41, 5.74) is -0.442. The number of hydrogen-bond acceptors (Lipinski definition) is 3. The standard InChI is InChI=1S/C16H20Cl2N2O3S/c1-11-12(17)5-6-13(14(11)18)24(22,23)20-10-4-8-16(20)7-3-9-19(2)15(16)21/h5-6H,3-4,7-10H2,1-2H3. The fourth-order valence-electron chi connectivity index (χ4n) is 3.79. The monoisotopic (exact) mass is 390 g/mol. The van der Waals surface area contributed by atoms with Crippen molar-refractivity contribution in [2.24, 2.45) is 0 Å². The van der Waals surface area contributed by atoms with E-state index in [1.807, 2.05) is 0 Å². The normalized spacial score (nSPS) is 25.7. The summed E-state index contributed by atoms with van der Waals surface area (Å²) in [7, 11) is -2.15. The van der Waals surface area contributed by atoms with Crippen molar-refractivity contribution >= 4 is 39.1 Å². The molecule has 3 rings (SSSR count). The highest BCUT2D eigenvalue weighted by molar-refractivity contribution is 7.89. The zero-order valence-corrected chi connectivity index (χ0v) is 16.0. The highest BCUT2D eigenvalue weighted by atomic mass is 35.5. The average Bonchev–Trinajstić information content (AvgIpc) is 2.95. The molecule has 1 atom stereocenters. The number of sulfonamides is 1. The van der Waals surface area contributed by atoms with Gasteiger partial charge in [0.15, 0.2) is 0 Å². The van der Waals surface area contributed by atoms with E-state index in [-0.39, 0.29) is 15.8 Å². The van der Waals surface area contributed by atoms with Crippen molar-refractivity contribution in [1.82, 2.24) is 9.21 Å². The Morgan fingerprint density at radius 2 is 1.75 bits per heavy atom. The van der Waals surface area contributed by atoms with Crippen LogP contribution in [0.25, 0.3) is 0 Å². The van der Waals surface area contributed by atoms with Crippen LogP contribution in [0.2, 0.25) is 10.0 Å². The molecule has 0 N–H and O–H groups in total. The van der Waals surface area contributed by atoms with Gasteiger partial charge < -0.3 is 4.90 Å². The van der Waals surface area contributed by atoms with Crippen LogP contribution in [0.4, 0.5) is 0 Å². The van der Waals surface area contributed by atoms with E-state index in [0.717, 1.165) is 6.42 Å². The summed E-state index contributed by atoms with van der Waals surface area (Å²) in [6, 6.07) is 2.96. The van der Waals surface area contributed by atoms with Crippen molar-refractivity contribution in [2.75, 3.05) is 20.1 Å². The number of hydrogen-bond donors (Lipinski definition) is 0. The zero-order valence-electron chi connectivity index (χ0n) is 13.7. The third-order valence-corrected chi connectivity index (χ3v) is 8.13. The molecule has 0 aliphatic carbocycles. The summed E-state index contributed by atoms with van der Waals surface area (Å²) in [4.78, 5) is 14.5. The van der Waals surface area contributed by atoms with Gasteiger partial charge in [-0.15, -0.1) is 0 Å². The molecular weight excluding hydrogens is 371 g/mol. The van der Waals surface area contributed by atoms with Crippen molar-refractivity contribution in [1.29, 1.82) is 0 Å². The number of benzene rings is 1. The first-order valence-electron chi connectivity index (χ1n) is 7.95. The molecule has 132 valence electrons. The Kier molecular flexibility index (Phi) is 4.62. The van der Waals surface area contributed by atoms with Gasteiger partial charge in [-0.25, -0.2) is 8.42 Å². The molecule has 0 aromatic heterocycles. The number of carbonyl (C=O) groups excluding carboxylic acids is 1. The van der Waals surface area contributed by atoms with Gasteiger partial charge >= 0.3 is 0 Å². The Labute approximate surface area is 152 Å². The van der Waals surface area contributed by atoms with Gasteiger partial charge in [-0.2, -0.15) is 4.31 Å². The number of nitrogens with zero attached hydrogens (tertiary/aromatic N) is 2. The van der Waals surface area contributed by atoms with Crippen LogP contribution in [0.1, 0.15) is 31.2 Å². The number of likely N-dealkylation sites (tertiary alicyclic amines) is 1. The Balaban J connectivity index is 2.10. The number of piperidine rings is 1. The van der Waals surface area contributed by atoms with Crippen LogP contribution in [0.15, 0.2) is 17.0 Å². The van der Waals surface area contributed by atoms with Gasteiger partial charge in [0, 0.05) is 25.2 Å². The molecule has 1 spiro atoms. The highest BCUT2D eigenvalue weighted by Gasteiger charge is 2.55. The summed E-state index contributed by atoms with van der Waals surface area (Å²) >= 11 is 12.3. The molecule has 2 fully saturated rings. The van der Waals surface area contributed by atoms with E-state index in [0.29, 0.717) is 42.9 Å². The van der Waals surface area contributed by atoms with Gasteiger partial charge in [-0.05, 0) is 50.3 Å². The average molecular weight is 391 g/mol. The van der Waals surface area contributed by atoms with Crippen molar-refractivity contribution < 1.29 is 13.2 Å². The van der Waals surface area contributed by atoms with Crippen LogP contribution in [-0.4, -0.2) is 49.2 Å².